The highest BCUT2D eigenvalue weighted by Crippen LogP contribution is 2.28. The predicted molar refractivity (Wildman–Crippen MR) is 62.5 cm³/mol. The van der Waals surface area contributed by atoms with Gasteiger partial charge in [0.05, 0.1) is 0 Å². The highest BCUT2D eigenvalue weighted by atomic mass is 16.4. The Bertz CT molecular complexity index is 278. The number of aliphatic carboxylic acids is 1. The zero-order valence-electron chi connectivity index (χ0n) is 10.2. The third kappa shape index (κ3) is 2.23. The maximum atomic E-state index is 11.1. The molecule has 0 spiro atoms. The van der Waals surface area contributed by atoms with Crippen LogP contribution in [0.3, 0.4) is 0 Å². The fourth-order valence-electron chi connectivity index (χ4n) is 2.94. The first-order valence-corrected chi connectivity index (χ1v) is 6.26. The van der Waals surface area contributed by atoms with Gasteiger partial charge in [0.1, 0.15) is 5.54 Å². The first-order valence-electron chi connectivity index (χ1n) is 6.26. The molecule has 0 saturated carbocycles. The molecule has 4 heteroatoms. The summed E-state index contributed by atoms with van der Waals surface area (Å²) in [7, 11) is 0. The van der Waals surface area contributed by atoms with E-state index in [0.29, 0.717) is 12.1 Å². The Hall–Kier alpha value is -0.610. The van der Waals surface area contributed by atoms with Crippen molar-refractivity contribution < 1.29 is 9.90 Å². The van der Waals surface area contributed by atoms with Crippen molar-refractivity contribution in [2.24, 2.45) is 0 Å². The van der Waals surface area contributed by atoms with Crippen LogP contribution in [0.4, 0.5) is 0 Å². The highest BCUT2D eigenvalue weighted by molar-refractivity contribution is 5.77. The molecule has 2 saturated heterocycles. The molecule has 2 unspecified atom stereocenters. The van der Waals surface area contributed by atoms with Crippen molar-refractivity contribution in [1.29, 1.82) is 0 Å². The van der Waals surface area contributed by atoms with Crippen LogP contribution in [-0.2, 0) is 4.79 Å². The summed E-state index contributed by atoms with van der Waals surface area (Å²) in [6, 6.07) is 0.916. The van der Waals surface area contributed by atoms with Gasteiger partial charge >= 0.3 is 5.97 Å². The van der Waals surface area contributed by atoms with Gasteiger partial charge in [-0.15, -0.1) is 0 Å². The number of carboxylic acids is 1. The molecule has 0 aromatic heterocycles. The molecular weight excluding hydrogens is 204 g/mol. The number of hydrogen-bond donors (Lipinski definition) is 2. The molecule has 2 aliphatic heterocycles. The van der Waals surface area contributed by atoms with E-state index < -0.39 is 11.5 Å². The summed E-state index contributed by atoms with van der Waals surface area (Å²) in [6.45, 7) is 5.82. The number of carbonyl (C=O) groups is 1. The van der Waals surface area contributed by atoms with Crippen LogP contribution < -0.4 is 5.32 Å². The van der Waals surface area contributed by atoms with E-state index in [4.69, 9.17) is 5.11 Å². The van der Waals surface area contributed by atoms with Crippen LogP contribution in [0, 0.1) is 0 Å². The van der Waals surface area contributed by atoms with E-state index in [1.807, 2.05) is 0 Å². The van der Waals surface area contributed by atoms with E-state index in [0.717, 1.165) is 13.0 Å². The molecule has 0 bridgehead atoms. The van der Waals surface area contributed by atoms with Crippen molar-refractivity contribution in [2.75, 3.05) is 13.1 Å². The minimum absolute atomic E-state index is 0.353. The Balaban J connectivity index is 1.98. The van der Waals surface area contributed by atoms with Gasteiger partial charge in [-0.25, -0.2) is 0 Å². The van der Waals surface area contributed by atoms with Crippen molar-refractivity contribution in [2.45, 2.75) is 57.2 Å². The summed E-state index contributed by atoms with van der Waals surface area (Å²) >= 11 is 0. The fraction of sp³-hybridized carbons (Fsp3) is 0.917. The molecule has 0 aliphatic carbocycles. The maximum Gasteiger partial charge on any atom is 0.323 e. The minimum atomic E-state index is -0.807. The second-order valence-corrected chi connectivity index (χ2v) is 5.57. The standard InChI is InChI=1S/C12H22N2O2/c1-12(2,11(15)16)13-9-6-8-14-7-4-3-5-10(9)14/h9-10,13H,3-8H2,1-2H3,(H,15,16). The van der Waals surface area contributed by atoms with Crippen LogP contribution in [0.15, 0.2) is 0 Å². The number of carboxylic acid groups (broad SMARTS) is 1. The zero-order chi connectivity index (χ0) is 11.8. The van der Waals surface area contributed by atoms with Gasteiger partial charge in [-0.2, -0.15) is 0 Å². The Kier molecular flexibility index (Phi) is 3.22. The van der Waals surface area contributed by atoms with Gasteiger partial charge in [0.25, 0.3) is 0 Å². The van der Waals surface area contributed by atoms with Crippen LogP contribution >= 0.6 is 0 Å². The van der Waals surface area contributed by atoms with E-state index in [-0.39, 0.29) is 0 Å². The molecule has 2 fully saturated rings. The van der Waals surface area contributed by atoms with Gasteiger partial charge in [-0.3, -0.25) is 15.0 Å². The molecule has 2 heterocycles. The summed E-state index contributed by atoms with van der Waals surface area (Å²) in [4.78, 5) is 13.6. The average molecular weight is 226 g/mol. The van der Waals surface area contributed by atoms with Gasteiger partial charge in [0, 0.05) is 18.6 Å². The Morgan fingerprint density at radius 1 is 1.31 bits per heavy atom. The van der Waals surface area contributed by atoms with Crippen molar-refractivity contribution >= 4 is 5.97 Å². The molecule has 2 rings (SSSR count). The van der Waals surface area contributed by atoms with Crippen LogP contribution in [0.5, 0.6) is 0 Å². The summed E-state index contributed by atoms with van der Waals surface area (Å²) in [5.41, 5.74) is -0.807. The molecule has 0 amide bonds. The molecule has 2 N–H and O–H groups in total. The van der Waals surface area contributed by atoms with Crippen molar-refractivity contribution in [3.63, 3.8) is 0 Å². The van der Waals surface area contributed by atoms with E-state index in [9.17, 15) is 4.79 Å². The number of rotatable bonds is 3. The number of nitrogens with one attached hydrogen (secondary N) is 1. The topological polar surface area (TPSA) is 52.6 Å². The predicted octanol–water partition coefficient (Wildman–Crippen LogP) is 1.07. The molecule has 2 atom stereocenters. The number of piperidine rings is 1. The van der Waals surface area contributed by atoms with Crippen LogP contribution in [0.1, 0.15) is 39.5 Å². The second kappa shape index (κ2) is 4.34. The number of nitrogens with zero attached hydrogens (tertiary/aromatic N) is 1. The highest BCUT2D eigenvalue weighted by Gasteiger charge is 2.39. The average Bonchev–Trinajstić information content (AvgIpc) is 2.61. The molecule has 0 radical (unpaired) electrons. The zero-order valence-corrected chi connectivity index (χ0v) is 10.2. The molecule has 92 valence electrons. The molecule has 2 aliphatic rings. The first kappa shape index (κ1) is 11.9. The third-order valence-electron chi connectivity index (χ3n) is 3.94. The number of fused-ring (bicyclic) bond motifs is 1. The molecule has 0 aromatic rings. The smallest absolute Gasteiger partial charge is 0.323 e. The second-order valence-electron chi connectivity index (χ2n) is 5.57. The lowest BCUT2D eigenvalue weighted by Gasteiger charge is -2.35. The SMILES string of the molecule is CC(C)(NC1CCN2CCCCC12)C(=O)O. The normalized spacial score (nSPS) is 31.4. The lowest BCUT2D eigenvalue weighted by atomic mass is 9.96. The van der Waals surface area contributed by atoms with Crippen molar-refractivity contribution in [3.8, 4) is 0 Å². The fourth-order valence-corrected chi connectivity index (χ4v) is 2.94. The van der Waals surface area contributed by atoms with Crippen molar-refractivity contribution in [1.82, 2.24) is 10.2 Å². The monoisotopic (exact) mass is 226 g/mol. The summed E-state index contributed by atoms with van der Waals surface area (Å²) in [6.07, 6.45) is 4.88. The third-order valence-corrected chi connectivity index (χ3v) is 3.94. The maximum absolute atomic E-state index is 11.1. The van der Waals surface area contributed by atoms with Gasteiger partial charge in [-0.05, 0) is 39.7 Å². The first-order chi connectivity index (χ1) is 7.50. The largest absolute Gasteiger partial charge is 0.480 e. The van der Waals surface area contributed by atoms with Crippen LogP contribution in [0.25, 0.3) is 0 Å². The molecule has 4 nitrogen and oxygen atoms in total. The van der Waals surface area contributed by atoms with E-state index >= 15 is 0 Å². The molecule has 16 heavy (non-hydrogen) atoms. The quantitative estimate of drug-likeness (QED) is 0.755. The van der Waals surface area contributed by atoms with Crippen LogP contribution in [-0.4, -0.2) is 46.7 Å². The Morgan fingerprint density at radius 2 is 2.06 bits per heavy atom. The van der Waals surface area contributed by atoms with E-state index in [1.54, 1.807) is 13.8 Å². The lowest BCUT2D eigenvalue weighted by Crippen LogP contribution is -2.55. The van der Waals surface area contributed by atoms with E-state index in [1.165, 1.54) is 25.8 Å². The number of hydrogen-bond acceptors (Lipinski definition) is 3. The van der Waals surface area contributed by atoms with Gasteiger partial charge in [-0.1, -0.05) is 6.42 Å². The molecular formula is C12H22N2O2. The summed E-state index contributed by atoms with van der Waals surface area (Å²) in [5.74, 6) is -0.762. The lowest BCUT2D eigenvalue weighted by molar-refractivity contribution is -0.143. The van der Waals surface area contributed by atoms with Gasteiger partial charge in [0.2, 0.25) is 0 Å². The summed E-state index contributed by atoms with van der Waals surface area (Å²) in [5, 5.41) is 12.4. The minimum Gasteiger partial charge on any atom is -0.480 e. The van der Waals surface area contributed by atoms with Crippen LogP contribution in [0.2, 0.25) is 0 Å². The van der Waals surface area contributed by atoms with Gasteiger partial charge < -0.3 is 5.11 Å². The van der Waals surface area contributed by atoms with Gasteiger partial charge in [0.15, 0.2) is 0 Å². The molecule has 0 aromatic carbocycles. The summed E-state index contributed by atoms with van der Waals surface area (Å²) < 4.78 is 0. The Labute approximate surface area is 97.0 Å². The van der Waals surface area contributed by atoms with Crippen molar-refractivity contribution in [3.05, 3.63) is 0 Å². The van der Waals surface area contributed by atoms with E-state index in [2.05, 4.69) is 10.2 Å². The Morgan fingerprint density at radius 3 is 2.75 bits per heavy atom.